The van der Waals surface area contributed by atoms with Crippen LogP contribution in [0.25, 0.3) is 0 Å². The molecule has 1 heterocycles. The number of hydrogen-bond acceptors (Lipinski definition) is 5. The predicted molar refractivity (Wildman–Crippen MR) is 170 cm³/mol. The summed E-state index contributed by atoms with van der Waals surface area (Å²) in [7, 11) is 0. The maximum atomic E-state index is 14.9. The molecule has 2 atom stereocenters. The highest BCUT2D eigenvalue weighted by Gasteiger charge is 2.44. The van der Waals surface area contributed by atoms with Crippen molar-refractivity contribution in [3.63, 3.8) is 0 Å². The number of allylic oxidation sites excluding steroid dienone is 2. The number of esters is 1. The molecule has 4 rings (SSSR count). The van der Waals surface area contributed by atoms with Gasteiger partial charge in [-0.3, -0.25) is 4.79 Å². The Labute approximate surface area is 285 Å². The first kappa shape index (κ1) is 39.3. The zero-order chi connectivity index (χ0) is 35.4. The van der Waals surface area contributed by atoms with E-state index in [1.54, 1.807) is 0 Å². The van der Waals surface area contributed by atoms with Crippen LogP contribution in [0.5, 0.6) is 11.5 Å². The molecule has 2 aliphatic carbocycles. The molecular formula is C37H51F7O5. The van der Waals surface area contributed by atoms with Gasteiger partial charge < -0.3 is 18.9 Å². The molecule has 12 heteroatoms. The molecule has 0 bridgehead atoms. The topological polar surface area (TPSA) is 54.0 Å². The van der Waals surface area contributed by atoms with Gasteiger partial charge in [-0.2, -0.15) is 8.78 Å². The molecule has 1 aromatic carbocycles. The van der Waals surface area contributed by atoms with E-state index in [1.165, 1.54) is 44.9 Å². The van der Waals surface area contributed by atoms with Crippen LogP contribution in [0.3, 0.4) is 0 Å². The van der Waals surface area contributed by atoms with E-state index < -0.39 is 41.5 Å². The Morgan fingerprint density at radius 3 is 1.90 bits per heavy atom. The standard InChI is InChI=1S/C37H51F7O5/c1-2-3-4-5-6-7-8-9-29-21-16-27(24-46-29)35(45)47-30-19-14-26(15-20-30)11-10-25-12-17-28(18-13-25)36(40,41)48-31-22-32(38)34(33(39)23-31)49-37(42,43)44/h10-11,22-23,25-30H,2-9,12-21,24H2,1H3/b11-10+. The Bertz CT molecular complexity index is 1160. The number of carbonyl (C=O) groups excluding carboxylic acids is 1. The largest absolute Gasteiger partial charge is 0.573 e. The molecule has 5 nitrogen and oxygen atoms in total. The van der Waals surface area contributed by atoms with Gasteiger partial charge in [0.15, 0.2) is 11.6 Å². The number of unbranched alkanes of at least 4 members (excludes halogenated alkanes) is 6. The van der Waals surface area contributed by atoms with E-state index in [0.717, 1.165) is 44.9 Å². The van der Waals surface area contributed by atoms with Gasteiger partial charge in [-0.15, -0.1) is 13.2 Å². The van der Waals surface area contributed by atoms with E-state index in [4.69, 9.17) is 9.47 Å². The minimum absolute atomic E-state index is 0.0946. The van der Waals surface area contributed by atoms with E-state index in [-0.39, 0.29) is 55.0 Å². The van der Waals surface area contributed by atoms with E-state index in [9.17, 15) is 35.5 Å². The van der Waals surface area contributed by atoms with Crippen LogP contribution in [0.15, 0.2) is 24.3 Å². The number of rotatable bonds is 16. The highest BCUT2D eigenvalue weighted by atomic mass is 19.4. The molecular weight excluding hydrogens is 657 g/mol. The van der Waals surface area contributed by atoms with Gasteiger partial charge in [0.2, 0.25) is 5.75 Å². The van der Waals surface area contributed by atoms with E-state index in [2.05, 4.69) is 28.5 Å². The summed E-state index contributed by atoms with van der Waals surface area (Å²) in [6.07, 6.45) is 11.3. The predicted octanol–water partition coefficient (Wildman–Crippen LogP) is 11.2. The van der Waals surface area contributed by atoms with Crippen molar-refractivity contribution in [2.24, 2.45) is 23.7 Å². The molecule has 0 amide bonds. The normalized spacial score (nSPS) is 26.9. The molecule has 49 heavy (non-hydrogen) atoms. The van der Waals surface area contributed by atoms with Gasteiger partial charge in [-0.25, -0.2) is 8.78 Å². The average molecular weight is 709 g/mol. The molecule has 0 radical (unpaired) electrons. The van der Waals surface area contributed by atoms with Crippen molar-refractivity contribution in [2.45, 2.75) is 147 Å². The van der Waals surface area contributed by atoms with E-state index >= 15 is 0 Å². The number of benzene rings is 1. The summed E-state index contributed by atoms with van der Waals surface area (Å²) in [6, 6.07) is 0.500. The molecule has 3 aliphatic rings. The van der Waals surface area contributed by atoms with Crippen LogP contribution in [0, 0.1) is 35.3 Å². The number of halogens is 7. The Balaban J connectivity index is 1.10. The van der Waals surface area contributed by atoms with Crippen LogP contribution in [0.4, 0.5) is 30.7 Å². The molecule has 278 valence electrons. The zero-order valence-corrected chi connectivity index (χ0v) is 28.4. The highest BCUT2D eigenvalue weighted by Crippen LogP contribution is 2.42. The summed E-state index contributed by atoms with van der Waals surface area (Å²) in [6.45, 7) is 2.66. The smallest absolute Gasteiger partial charge is 0.462 e. The third-order valence-corrected chi connectivity index (χ3v) is 10.2. The second-order valence-electron chi connectivity index (χ2n) is 14.0. The molecule has 2 unspecified atom stereocenters. The number of ether oxygens (including phenoxy) is 4. The SMILES string of the molecule is CCCCCCCCCC1CCC(C(=O)OC2CCC(/C=C/C3CCC(C(F)(F)Oc4cc(F)c(OC(F)(F)F)c(F)c4)CC3)CC2)CO1. The van der Waals surface area contributed by atoms with Crippen LogP contribution >= 0.6 is 0 Å². The summed E-state index contributed by atoms with van der Waals surface area (Å²) in [5.41, 5.74) is 0. The molecule has 1 aromatic rings. The van der Waals surface area contributed by atoms with Crippen LogP contribution in [-0.2, 0) is 14.3 Å². The van der Waals surface area contributed by atoms with Crippen molar-refractivity contribution in [1.29, 1.82) is 0 Å². The van der Waals surface area contributed by atoms with Crippen molar-refractivity contribution in [3.8, 4) is 11.5 Å². The second kappa shape index (κ2) is 18.7. The highest BCUT2D eigenvalue weighted by molar-refractivity contribution is 5.72. The average Bonchev–Trinajstić information content (AvgIpc) is 3.05. The lowest BCUT2D eigenvalue weighted by molar-refractivity contribution is -0.276. The number of hydrogen-bond donors (Lipinski definition) is 0. The first-order valence-corrected chi connectivity index (χ1v) is 18.1. The lowest BCUT2D eigenvalue weighted by Crippen LogP contribution is -2.37. The molecule has 1 saturated heterocycles. The minimum atomic E-state index is -5.35. The van der Waals surface area contributed by atoms with Crippen LogP contribution in [0.2, 0.25) is 0 Å². The first-order chi connectivity index (χ1) is 23.3. The van der Waals surface area contributed by atoms with Crippen molar-refractivity contribution >= 4 is 5.97 Å². The van der Waals surface area contributed by atoms with Gasteiger partial charge in [0.1, 0.15) is 11.9 Å². The third-order valence-electron chi connectivity index (χ3n) is 10.2. The monoisotopic (exact) mass is 708 g/mol. The van der Waals surface area contributed by atoms with E-state index in [1.807, 2.05) is 0 Å². The Hall–Kier alpha value is -2.50. The minimum Gasteiger partial charge on any atom is -0.462 e. The van der Waals surface area contributed by atoms with Crippen molar-refractivity contribution in [3.05, 3.63) is 35.9 Å². The maximum absolute atomic E-state index is 14.9. The van der Waals surface area contributed by atoms with Crippen LogP contribution < -0.4 is 9.47 Å². The lowest BCUT2D eigenvalue weighted by atomic mass is 9.80. The summed E-state index contributed by atoms with van der Waals surface area (Å²) >= 11 is 0. The molecule has 2 saturated carbocycles. The summed E-state index contributed by atoms with van der Waals surface area (Å²) in [4.78, 5) is 12.8. The second-order valence-corrected chi connectivity index (χ2v) is 14.0. The number of alkyl halides is 5. The summed E-state index contributed by atoms with van der Waals surface area (Å²) in [5.74, 6) is -7.42. The summed E-state index contributed by atoms with van der Waals surface area (Å²) < 4.78 is 114. The Morgan fingerprint density at radius 1 is 0.776 bits per heavy atom. The fraction of sp³-hybridized carbons (Fsp3) is 0.757. The fourth-order valence-electron chi connectivity index (χ4n) is 7.22. The molecule has 0 spiro atoms. The maximum Gasteiger partial charge on any atom is 0.573 e. The van der Waals surface area contributed by atoms with Gasteiger partial charge in [-0.05, 0) is 82.5 Å². The van der Waals surface area contributed by atoms with Gasteiger partial charge >= 0.3 is 18.4 Å². The third kappa shape index (κ3) is 13.0. The Morgan fingerprint density at radius 2 is 1.35 bits per heavy atom. The zero-order valence-electron chi connectivity index (χ0n) is 28.4. The fourth-order valence-corrected chi connectivity index (χ4v) is 7.22. The Kier molecular flexibility index (Phi) is 15.0. The van der Waals surface area contributed by atoms with Gasteiger partial charge in [-0.1, -0.05) is 64.0 Å². The number of carbonyl (C=O) groups is 1. The summed E-state index contributed by atoms with van der Waals surface area (Å²) in [5, 5.41) is 0. The molecule has 1 aliphatic heterocycles. The van der Waals surface area contributed by atoms with Gasteiger partial charge in [0.25, 0.3) is 0 Å². The van der Waals surface area contributed by atoms with Crippen molar-refractivity contribution < 1.29 is 54.5 Å². The van der Waals surface area contributed by atoms with Gasteiger partial charge in [0.05, 0.1) is 24.5 Å². The lowest BCUT2D eigenvalue weighted by Gasteiger charge is -2.33. The van der Waals surface area contributed by atoms with E-state index in [0.29, 0.717) is 25.4 Å². The molecule has 3 fully saturated rings. The van der Waals surface area contributed by atoms with Gasteiger partial charge in [0, 0.05) is 12.1 Å². The molecule has 0 aromatic heterocycles. The molecule has 0 N–H and O–H groups in total. The van der Waals surface area contributed by atoms with Crippen molar-refractivity contribution in [2.75, 3.05) is 6.61 Å². The van der Waals surface area contributed by atoms with Crippen LogP contribution in [0.1, 0.15) is 122 Å². The first-order valence-electron chi connectivity index (χ1n) is 18.1. The van der Waals surface area contributed by atoms with Crippen LogP contribution in [-0.4, -0.2) is 37.3 Å². The van der Waals surface area contributed by atoms with Crippen molar-refractivity contribution in [1.82, 2.24) is 0 Å². The quantitative estimate of drug-likeness (QED) is 0.0741.